The Labute approximate surface area is 190 Å². The van der Waals surface area contributed by atoms with Crippen LogP contribution in [0.15, 0.2) is 42.5 Å². The van der Waals surface area contributed by atoms with Gasteiger partial charge in [-0.1, -0.05) is 30.3 Å². The molecule has 33 heavy (non-hydrogen) atoms. The molecule has 1 saturated carbocycles. The van der Waals surface area contributed by atoms with E-state index in [9.17, 15) is 19.5 Å². The van der Waals surface area contributed by atoms with Crippen LogP contribution in [0, 0.1) is 5.92 Å². The first-order chi connectivity index (χ1) is 16.0. The standard InChI is InChI=1S/C23H26N4O6/c28-20-14-32-18-10-11-19(25-21(18)26-20)27(23(30)31)12-15-6-8-17(9-7-15)24-22(29)33-13-16-4-2-1-3-5-16/h1-5,10-11,15,17H,6-9,12-14H2,(H,24,29)(H,30,31)(H,25,26,28). The number of fused-ring (bicyclic) bond motifs is 1. The highest BCUT2D eigenvalue weighted by Crippen LogP contribution is 2.31. The van der Waals surface area contributed by atoms with Crippen molar-refractivity contribution in [3.05, 3.63) is 48.0 Å². The molecule has 0 atom stereocenters. The second-order valence-corrected chi connectivity index (χ2v) is 8.17. The number of carbonyl (C=O) groups excluding carboxylic acids is 2. The zero-order valence-corrected chi connectivity index (χ0v) is 18.0. The van der Waals surface area contributed by atoms with Gasteiger partial charge in [-0.05, 0) is 49.3 Å². The molecule has 2 heterocycles. The van der Waals surface area contributed by atoms with Crippen LogP contribution in [0.3, 0.4) is 0 Å². The molecule has 0 spiro atoms. The Kier molecular flexibility index (Phi) is 6.92. The Morgan fingerprint density at radius 1 is 1.15 bits per heavy atom. The SMILES string of the molecule is O=C1COc2ccc(N(CC3CCC(NC(=O)OCc4ccccc4)CC3)C(=O)O)nc2N1. The molecule has 10 heteroatoms. The van der Waals surface area contributed by atoms with E-state index in [1.54, 1.807) is 12.1 Å². The van der Waals surface area contributed by atoms with Gasteiger partial charge in [-0.25, -0.2) is 14.6 Å². The Hall–Kier alpha value is -3.82. The van der Waals surface area contributed by atoms with Crippen LogP contribution in [0.5, 0.6) is 5.75 Å². The highest BCUT2D eigenvalue weighted by molar-refractivity contribution is 5.95. The fraction of sp³-hybridized carbons (Fsp3) is 0.391. The Morgan fingerprint density at radius 2 is 1.91 bits per heavy atom. The van der Waals surface area contributed by atoms with E-state index >= 15 is 0 Å². The summed E-state index contributed by atoms with van der Waals surface area (Å²) in [5.74, 6) is 0.661. The van der Waals surface area contributed by atoms with Crippen molar-refractivity contribution in [1.82, 2.24) is 10.3 Å². The molecule has 1 fully saturated rings. The number of anilines is 2. The summed E-state index contributed by atoms with van der Waals surface area (Å²) in [6.45, 7) is 0.406. The fourth-order valence-electron chi connectivity index (χ4n) is 4.05. The van der Waals surface area contributed by atoms with Crippen molar-refractivity contribution in [2.24, 2.45) is 5.92 Å². The van der Waals surface area contributed by atoms with Gasteiger partial charge in [0, 0.05) is 12.6 Å². The van der Waals surface area contributed by atoms with Crippen molar-refractivity contribution in [2.75, 3.05) is 23.4 Å². The first-order valence-corrected chi connectivity index (χ1v) is 10.9. The lowest BCUT2D eigenvalue weighted by Gasteiger charge is -2.31. The maximum atomic E-state index is 12.1. The van der Waals surface area contributed by atoms with Crippen molar-refractivity contribution < 1.29 is 29.0 Å². The molecule has 2 aliphatic rings. The van der Waals surface area contributed by atoms with Gasteiger partial charge in [-0.3, -0.25) is 9.69 Å². The van der Waals surface area contributed by atoms with Gasteiger partial charge in [0.25, 0.3) is 5.91 Å². The molecule has 2 aromatic rings. The molecule has 3 amide bonds. The number of carbonyl (C=O) groups is 3. The summed E-state index contributed by atoms with van der Waals surface area (Å²) in [5.41, 5.74) is 0.923. The van der Waals surface area contributed by atoms with Gasteiger partial charge < -0.3 is 25.2 Å². The number of ether oxygens (including phenoxy) is 2. The molecule has 0 unspecified atom stereocenters. The Morgan fingerprint density at radius 3 is 2.64 bits per heavy atom. The average Bonchev–Trinajstić information content (AvgIpc) is 2.82. The van der Waals surface area contributed by atoms with Gasteiger partial charge in [0.1, 0.15) is 12.4 Å². The normalized spacial score (nSPS) is 19.5. The minimum absolute atomic E-state index is 0.00275. The molecule has 0 saturated heterocycles. The van der Waals surface area contributed by atoms with E-state index in [-0.39, 0.29) is 49.3 Å². The van der Waals surface area contributed by atoms with E-state index in [0.29, 0.717) is 5.75 Å². The number of hydrogen-bond acceptors (Lipinski definition) is 6. The fourth-order valence-corrected chi connectivity index (χ4v) is 4.05. The largest absolute Gasteiger partial charge is 0.480 e. The lowest BCUT2D eigenvalue weighted by atomic mass is 9.86. The number of alkyl carbamates (subject to hydrolysis) is 1. The number of aromatic nitrogens is 1. The van der Waals surface area contributed by atoms with Crippen LogP contribution in [-0.4, -0.2) is 47.4 Å². The van der Waals surface area contributed by atoms with Crippen LogP contribution in [0.2, 0.25) is 0 Å². The van der Waals surface area contributed by atoms with Crippen LogP contribution in [0.25, 0.3) is 0 Å². The van der Waals surface area contributed by atoms with Crippen molar-refractivity contribution in [2.45, 2.75) is 38.3 Å². The lowest BCUT2D eigenvalue weighted by Crippen LogP contribution is -2.41. The molecule has 0 bridgehead atoms. The number of nitrogens with zero attached hydrogens (tertiary/aromatic N) is 2. The van der Waals surface area contributed by atoms with Crippen LogP contribution in [0.1, 0.15) is 31.2 Å². The van der Waals surface area contributed by atoms with Crippen molar-refractivity contribution >= 4 is 29.7 Å². The van der Waals surface area contributed by atoms with E-state index in [2.05, 4.69) is 15.6 Å². The number of rotatable bonds is 6. The Balaban J connectivity index is 1.27. The topological polar surface area (TPSA) is 130 Å². The second kappa shape index (κ2) is 10.2. The smallest absolute Gasteiger partial charge is 0.413 e. The predicted molar refractivity (Wildman–Crippen MR) is 119 cm³/mol. The van der Waals surface area contributed by atoms with Crippen LogP contribution in [0.4, 0.5) is 21.2 Å². The highest BCUT2D eigenvalue weighted by atomic mass is 16.5. The predicted octanol–water partition coefficient (Wildman–Crippen LogP) is 3.38. The summed E-state index contributed by atoms with van der Waals surface area (Å²) >= 11 is 0. The molecule has 1 aromatic heterocycles. The number of carboxylic acid groups (broad SMARTS) is 1. The highest BCUT2D eigenvalue weighted by Gasteiger charge is 2.28. The first-order valence-electron chi connectivity index (χ1n) is 10.9. The maximum Gasteiger partial charge on any atom is 0.413 e. The molecular weight excluding hydrogens is 428 g/mol. The van der Waals surface area contributed by atoms with E-state index in [1.165, 1.54) is 4.90 Å². The summed E-state index contributed by atoms with van der Waals surface area (Å²) < 4.78 is 10.6. The molecule has 4 rings (SSSR count). The minimum Gasteiger partial charge on any atom is -0.480 e. The van der Waals surface area contributed by atoms with Gasteiger partial charge in [0.15, 0.2) is 18.2 Å². The number of benzene rings is 1. The third-order valence-corrected chi connectivity index (χ3v) is 5.79. The summed E-state index contributed by atoms with van der Waals surface area (Å²) in [4.78, 5) is 41.0. The summed E-state index contributed by atoms with van der Waals surface area (Å²) in [5, 5.41) is 15.2. The van der Waals surface area contributed by atoms with Gasteiger partial charge in [-0.15, -0.1) is 0 Å². The molecule has 1 aliphatic carbocycles. The van der Waals surface area contributed by atoms with E-state index in [1.807, 2.05) is 30.3 Å². The molecule has 3 N–H and O–H groups in total. The average molecular weight is 454 g/mol. The maximum absolute atomic E-state index is 12.1. The lowest BCUT2D eigenvalue weighted by molar-refractivity contribution is -0.118. The van der Waals surface area contributed by atoms with E-state index < -0.39 is 12.2 Å². The van der Waals surface area contributed by atoms with Gasteiger partial charge in [0.05, 0.1) is 0 Å². The van der Waals surface area contributed by atoms with Crippen molar-refractivity contribution in [3.8, 4) is 5.75 Å². The molecule has 1 aromatic carbocycles. The minimum atomic E-state index is -1.12. The molecule has 174 valence electrons. The summed E-state index contributed by atoms with van der Waals surface area (Å²) in [6.07, 6.45) is 1.43. The first kappa shape index (κ1) is 22.4. The number of nitrogens with one attached hydrogen (secondary N) is 2. The van der Waals surface area contributed by atoms with Gasteiger partial charge >= 0.3 is 12.2 Å². The summed E-state index contributed by atoms with van der Waals surface area (Å²) in [6, 6.07) is 12.6. The van der Waals surface area contributed by atoms with Gasteiger partial charge in [-0.2, -0.15) is 0 Å². The third kappa shape index (κ3) is 5.91. The zero-order valence-electron chi connectivity index (χ0n) is 18.0. The van der Waals surface area contributed by atoms with Crippen molar-refractivity contribution in [3.63, 3.8) is 0 Å². The Bertz CT molecular complexity index is 1010. The molecule has 1 aliphatic heterocycles. The number of pyridine rings is 1. The van der Waals surface area contributed by atoms with Crippen LogP contribution >= 0.6 is 0 Å². The zero-order chi connectivity index (χ0) is 23.2. The van der Waals surface area contributed by atoms with Crippen molar-refractivity contribution in [1.29, 1.82) is 0 Å². The number of amides is 3. The quantitative estimate of drug-likeness (QED) is 0.610. The molecule has 0 radical (unpaired) electrons. The van der Waals surface area contributed by atoms with Gasteiger partial charge in [0.2, 0.25) is 0 Å². The van der Waals surface area contributed by atoms with E-state index in [4.69, 9.17) is 9.47 Å². The second-order valence-electron chi connectivity index (χ2n) is 8.17. The van der Waals surface area contributed by atoms with Crippen LogP contribution < -0.4 is 20.3 Å². The van der Waals surface area contributed by atoms with Crippen LogP contribution in [-0.2, 0) is 16.1 Å². The molecule has 10 nitrogen and oxygen atoms in total. The molecular formula is C23H26N4O6. The summed E-state index contributed by atoms with van der Waals surface area (Å²) in [7, 11) is 0. The van der Waals surface area contributed by atoms with E-state index in [0.717, 1.165) is 31.2 Å². The monoisotopic (exact) mass is 454 g/mol. The number of hydrogen-bond donors (Lipinski definition) is 3. The third-order valence-electron chi connectivity index (χ3n) is 5.79.